The molecule has 1 aromatic carbocycles. The minimum absolute atomic E-state index is 0. The third kappa shape index (κ3) is 4.71. The summed E-state index contributed by atoms with van der Waals surface area (Å²) >= 11 is 0. The lowest BCUT2D eigenvalue weighted by atomic mass is 9.65. The number of benzene rings is 1. The quantitative estimate of drug-likeness (QED) is 0.827. The number of ether oxygens (including phenoxy) is 1. The third-order valence-electron chi connectivity index (χ3n) is 5.55. The van der Waals surface area contributed by atoms with Gasteiger partial charge in [-0.1, -0.05) is 36.8 Å². The number of hydrogen-bond donors (Lipinski definition) is 2. The number of hydrogen-bond acceptors (Lipinski definition) is 3. The number of carbonyl (C=O) groups excluding carboxylic acids is 1. The third-order valence-corrected chi connectivity index (χ3v) is 5.55. The van der Waals surface area contributed by atoms with Crippen LogP contribution in [0.4, 0.5) is 0 Å². The highest BCUT2D eigenvalue weighted by Crippen LogP contribution is 2.43. The Balaban J connectivity index is 0.00000208. The van der Waals surface area contributed by atoms with E-state index in [9.17, 15) is 4.79 Å². The van der Waals surface area contributed by atoms with Crippen LogP contribution in [0.1, 0.15) is 37.7 Å². The highest BCUT2D eigenvalue weighted by Gasteiger charge is 2.38. The van der Waals surface area contributed by atoms with E-state index in [0.29, 0.717) is 0 Å². The summed E-state index contributed by atoms with van der Waals surface area (Å²) in [6.45, 7) is 2.20. The van der Waals surface area contributed by atoms with Crippen LogP contribution in [0.3, 0.4) is 0 Å². The second-order valence-corrected chi connectivity index (χ2v) is 7.21. The predicted octanol–water partition coefficient (Wildman–Crippen LogP) is 2.69. The van der Waals surface area contributed by atoms with Crippen LogP contribution in [-0.2, 0) is 16.0 Å². The number of amides is 1. The van der Waals surface area contributed by atoms with Gasteiger partial charge in [-0.15, -0.1) is 12.4 Å². The van der Waals surface area contributed by atoms with Crippen LogP contribution in [0.15, 0.2) is 30.3 Å². The molecule has 0 aromatic heterocycles. The van der Waals surface area contributed by atoms with E-state index < -0.39 is 6.04 Å². The van der Waals surface area contributed by atoms with Crippen molar-refractivity contribution in [3.63, 3.8) is 0 Å². The van der Waals surface area contributed by atoms with Gasteiger partial charge in [-0.05, 0) is 49.0 Å². The molecule has 2 aliphatic rings. The Labute approximate surface area is 150 Å². The van der Waals surface area contributed by atoms with Gasteiger partial charge in [0, 0.05) is 19.8 Å². The van der Waals surface area contributed by atoms with E-state index in [1.54, 1.807) is 0 Å². The van der Waals surface area contributed by atoms with Crippen molar-refractivity contribution in [2.45, 2.75) is 44.6 Å². The van der Waals surface area contributed by atoms with Crippen molar-refractivity contribution >= 4 is 18.3 Å². The molecule has 2 fully saturated rings. The Kier molecular flexibility index (Phi) is 7.08. The summed E-state index contributed by atoms with van der Waals surface area (Å²) in [6, 6.07) is 10.2. The van der Waals surface area contributed by atoms with E-state index in [4.69, 9.17) is 10.5 Å². The Morgan fingerprint density at radius 3 is 2.50 bits per heavy atom. The number of rotatable bonds is 6. The zero-order valence-corrected chi connectivity index (χ0v) is 15.0. The smallest absolute Gasteiger partial charge is 0.237 e. The van der Waals surface area contributed by atoms with Crippen molar-refractivity contribution in [1.29, 1.82) is 0 Å². The van der Waals surface area contributed by atoms with Crippen LogP contribution in [0.5, 0.6) is 0 Å². The fourth-order valence-electron chi connectivity index (χ4n) is 3.80. The summed E-state index contributed by atoms with van der Waals surface area (Å²) in [5.74, 6) is 0.270. The monoisotopic (exact) mass is 352 g/mol. The SMILES string of the molecule is Cl.NC(C(=O)NCC1(Cc2ccccc2)CCC1)C1CCOCC1. The van der Waals surface area contributed by atoms with Crippen LogP contribution < -0.4 is 11.1 Å². The van der Waals surface area contributed by atoms with Crippen molar-refractivity contribution in [3.8, 4) is 0 Å². The zero-order chi connectivity index (χ0) is 16.1. The molecule has 0 radical (unpaired) electrons. The minimum Gasteiger partial charge on any atom is -0.381 e. The normalized spacial score (nSPS) is 21.2. The maximum Gasteiger partial charge on any atom is 0.237 e. The van der Waals surface area contributed by atoms with E-state index in [0.717, 1.165) is 39.0 Å². The van der Waals surface area contributed by atoms with Crippen LogP contribution in [-0.4, -0.2) is 31.7 Å². The van der Waals surface area contributed by atoms with Gasteiger partial charge in [0.2, 0.25) is 5.91 Å². The molecule has 5 heteroatoms. The maximum absolute atomic E-state index is 12.4. The Hall–Kier alpha value is -1.10. The van der Waals surface area contributed by atoms with Crippen molar-refractivity contribution in [2.24, 2.45) is 17.1 Å². The number of nitrogens with two attached hydrogens (primary N) is 1. The van der Waals surface area contributed by atoms with E-state index in [-0.39, 0.29) is 29.6 Å². The lowest BCUT2D eigenvalue weighted by molar-refractivity contribution is -0.125. The molecule has 24 heavy (non-hydrogen) atoms. The van der Waals surface area contributed by atoms with E-state index in [1.165, 1.54) is 24.8 Å². The number of nitrogens with one attached hydrogen (secondary N) is 1. The molecule has 134 valence electrons. The second-order valence-electron chi connectivity index (χ2n) is 7.21. The fraction of sp³-hybridized carbons (Fsp3) is 0.632. The van der Waals surface area contributed by atoms with Gasteiger partial charge in [-0.25, -0.2) is 0 Å². The predicted molar refractivity (Wildman–Crippen MR) is 98.2 cm³/mol. The fourth-order valence-corrected chi connectivity index (χ4v) is 3.80. The summed E-state index contributed by atoms with van der Waals surface area (Å²) in [4.78, 5) is 12.4. The molecule has 1 heterocycles. The van der Waals surface area contributed by atoms with Crippen molar-refractivity contribution < 1.29 is 9.53 Å². The lowest BCUT2D eigenvalue weighted by Gasteiger charge is -2.42. The number of carbonyl (C=O) groups is 1. The molecule has 1 aliphatic carbocycles. The molecule has 0 bridgehead atoms. The average molecular weight is 353 g/mol. The standard InChI is InChI=1S/C19H28N2O2.ClH/c20-17(16-7-11-23-12-8-16)18(22)21-14-19(9-4-10-19)13-15-5-2-1-3-6-15;/h1-3,5-6,16-17H,4,7-14,20H2,(H,21,22);1H. The Bertz CT molecular complexity index is 513. The summed E-state index contributed by atoms with van der Waals surface area (Å²) < 4.78 is 5.35. The highest BCUT2D eigenvalue weighted by molar-refractivity contribution is 5.85. The van der Waals surface area contributed by atoms with Gasteiger partial charge in [0.25, 0.3) is 0 Å². The maximum atomic E-state index is 12.4. The van der Waals surface area contributed by atoms with E-state index >= 15 is 0 Å². The molecule has 0 spiro atoms. The topological polar surface area (TPSA) is 64.4 Å². The van der Waals surface area contributed by atoms with Crippen LogP contribution >= 0.6 is 12.4 Å². The molecular weight excluding hydrogens is 324 g/mol. The number of halogens is 1. The van der Waals surface area contributed by atoms with Crippen molar-refractivity contribution in [3.05, 3.63) is 35.9 Å². The largest absolute Gasteiger partial charge is 0.381 e. The van der Waals surface area contributed by atoms with Gasteiger partial charge in [0.05, 0.1) is 6.04 Å². The first kappa shape index (κ1) is 19.2. The van der Waals surface area contributed by atoms with E-state index in [2.05, 4.69) is 29.6 Å². The summed E-state index contributed by atoms with van der Waals surface area (Å²) in [5, 5.41) is 3.14. The van der Waals surface area contributed by atoms with E-state index in [1.807, 2.05) is 6.07 Å². The highest BCUT2D eigenvalue weighted by atomic mass is 35.5. The molecular formula is C19H29ClN2O2. The first-order chi connectivity index (χ1) is 11.2. The van der Waals surface area contributed by atoms with Crippen LogP contribution in [0, 0.1) is 11.3 Å². The molecule has 3 N–H and O–H groups in total. The van der Waals surface area contributed by atoms with Crippen LogP contribution in [0.25, 0.3) is 0 Å². The summed E-state index contributed by atoms with van der Waals surface area (Å²) in [5.41, 5.74) is 7.75. The van der Waals surface area contributed by atoms with Gasteiger partial charge in [0.1, 0.15) is 0 Å². The Morgan fingerprint density at radius 2 is 1.92 bits per heavy atom. The molecule has 1 saturated carbocycles. The van der Waals surface area contributed by atoms with Gasteiger partial charge >= 0.3 is 0 Å². The molecule has 1 unspecified atom stereocenters. The van der Waals surface area contributed by atoms with Gasteiger partial charge in [-0.2, -0.15) is 0 Å². The average Bonchev–Trinajstić information content (AvgIpc) is 2.58. The lowest BCUT2D eigenvalue weighted by Crippen LogP contribution is -2.51. The summed E-state index contributed by atoms with van der Waals surface area (Å²) in [6.07, 6.45) is 6.46. The van der Waals surface area contributed by atoms with Gasteiger partial charge in [-0.3, -0.25) is 4.79 Å². The van der Waals surface area contributed by atoms with Crippen LogP contribution in [0.2, 0.25) is 0 Å². The molecule has 1 aliphatic heterocycles. The van der Waals surface area contributed by atoms with Crippen molar-refractivity contribution in [1.82, 2.24) is 5.32 Å². The molecule has 1 amide bonds. The molecule has 3 rings (SSSR count). The molecule has 1 saturated heterocycles. The molecule has 1 aromatic rings. The second kappa shape index (κ2) is 8.84. The van der Waals surface area contributed by atoms with Gasteiger partial charge in [0.15, 0.2) is 0 Å². The zero-order valence-electron chi connectivity index (χ0n) is 14.2. The molecule has 4 nitrogen and oxygen atoms in total. The summed E-state index contributed by atoms with van der Waals surface area (Å²) in [7, 11) is 0. The van der Waals surface area contributed by atoms with Gasteiger partial charge < -0.3 is 15.8 Å². The minimum atomic E-state index is -0.396. The molecule has 1 atom stereocenters. The first-order valence-electron chi connectivity index (χ1n) is 8.84. The first-order valence-corrected chi connectivity index (χ1v) is 8.84. The Morgan fingerprint density at radius 1 is 1.25 bits per heavy atom. The van der Waals surface area contributed by atoms with Crippen molar-refractivity contribution in [2.75, 3.05) is 19.8 Å².